The molecule has 0 aromatic heterocycles. The zero-order chi connectivity index (χ0) is 19.0. The fourth-order valence-corrected chi connectivity index (χ4v) is 5.60. The smallest absolute Gasteiger partial charge is 0.00103 e. The van der Waals surface area contributed by atoms with E-state index in [-0.39, 0.29) is 0 Å². The Balaban J connectivity index is 1.56. The van der Waals surface area contributed by atoms with E-state index >= 15 is 0 Å². The molecular formula is C28H24. The molecule has 28 heavy (non-hydrogen) atoms. The highest BCUT2D eigenvalue weighted by Gasteiger charge is 2.25. The van der Waals surface area contributed by atoms with E-state index < -0.39 is 0 Å². The molecule has 0 spiro atoms. The zero-order valence-corrected chi connectivity index (χ0v) is 16.8. The Labute approximate surface area is 166 Å². The van der Waals surface area contributed by atoms with Crippen LogP contribution in [-0.2, 0) is 12.8 Å². The van der Waals surface area contributed by atoms with Gasteiger partial charge in [-0.25, -0.2) is 0 Å². The molecule has 0 unspecified atom stereocenters. The summed E-state index contributed by atoms with van der Waals surface area (Å²) in [7, 11) is 0. The first-order valence-electron chi connectivity index (χ1n) is 10.4. The summed E-state index contributed by atoms with van der Waals surface area (Å²) in [6.07, 6.45) is 2.13. The van der Waals surface area contributed by atoms with Crippen LogP contribution in [0.25, 0.3) is 33.0 Å². The Bertz CT molecular complexity index is 1290. The van der Waals surface area contributed by atoms with Crippen molar-refractivity contribution < 1.29 is 0 Å². The number of hydrogen-bond donors (Lipinski definition) is 0. The van der Waals surface area contributed by atoms with Crippen LogP contribution in [0.5, 0.6) is 0 Å². The number of hydrogen-bond acceptors (Lipinski definition) is 0. The summed E-state index contributed by atoms with van der Waals surface area (Å²) in [5.41, 5.74) is 14.7. The fraction of sp³-hybridized carbons (Fsp3) is 0.214. The lowest BCUT2D eigenvalue weighted by Crippen LogP contribution is -1.98. The van der Waals surface area contributed by atoms with Crippen LogP contribution in [0.2, 0.25) is 0 Å². The van der Waals surface area contributed by atoms with E-state index in [1.807, 2.05) is 0 Å². The third kappa shape index (κ3) is 2.12. The molecule has 2 aliphatic rings. The predicted octanol–water partition coefficient (Wildman–Crippen LogP) is 7.41. The topological polar surface area (TPSA) is 0 Å². The lowest BCUT2D eigenvalue weighted by Gasteiger charge is -2.15. The summed E-state index contributed by atoms with van der Waals surface area (Å²) in [4.78, 5) is 0. The highest BCUT2D eigenvalue weighted by molar-refractivity contribution is 5.96. The number of rotatable bonds is 1. The molecule has 0 saturated heterocycles. The van der Waals surface area contributed by atoms with Crippen molar-refractivity contribution >= 4 is 10.8 Å². The lowest BCUT2D eigenvalue weighted by atomic mass is 9.89. The first-order chi connectivity index (χ1) is 13.6. The molecule has 0 amide bonds. The van der Waals surface area contributed by atoms with Gasteiger partial charge >= 0.3 is 0 Å². The van der Waals surface area contributed by atoms with Gasteiger partial charge in [-0.1, -0.05) is 62.4 Å². The number of aryl methyl sites for hydroxylation is 1. The summed E-state index contributed by atoms with van der Waals surface area (Å²) in [6.45, 7) is 6.91. The average Bonchev–Trinajstić information content (AvgIpc) is 3.21. The molecule has 6 rings (SSSR count). The molecule has 0 bridgehead atoms. The van der Waals surface area contributed by atoms with Crippen LogP contribution in [0.3, 0.4) is 0 Å². The third-order valence-corrected chi connectivity index (χ3v) is 6.78. The van der Waals surface area contributed by atoms with Gasteiger partial charge in [-0.3, -0.25) is 0 Å². The molecule has 2 aliphatic carbocycles. The second kappa shape index (κ2) is 5.58. The molecule has 0 aliphatic heterocycles. The minimum absolute atomic E-state index is 0.569. The van der Waals surface area contributed by atoms with Crippen LogP contribution >= 0.6 is 0 Å². The molecule has 4 aromatic carbocycles. The second-order valence-electron chi connectivity index (χ2n) is 8.85. The molecule has 0 fully saturated rings. The molecule has 4 aromatic rings. The zero-order valence-electron chi connectivity index (χ0n) is 16.8. The van der Waals surface area contributed by atoms with Gasteiger partial charge in [0.1, 0.15) is 0 Å². The van der Waals surface area contributed by atoms with E-state index in [4.69, 9.17) is 0 Å². The van der Waals surface area contributed by atoms with E-state index in [9.17, 15) is 0 Å². The summed E-state index contributed by atoms with van der Waals surface area (Å²) < 4.78 is 0. The SMILES string of the molecule is Cc1ccc2c(c1C(C)C)Cc1cc3cc4c(cc3cc1-2)Cc1ccccc1-4. The Morgan fingerprint density at radius 3 is 2.07 bits per heavy atom. The monoisotopic (exact) mass is 360 g/mol. The van der Waals surface area contributed by atoms with E-state index in [1.54, 1.807) is 11.1 Å². The van der Waals surface area contributed by atoms with Gasteiger partial charge in [-0.15, -0.1) is 0 Å². The molecule has 0 nitrogen and oxygen atoms in total. The minimum Gasteiger partial charge on any atom is -0.0619 e. The summed E-state index contributed by atoms with van der Waals surface area (Å²) in [6, 6.07) is 23.3. The quantitative estimate of drug-likeness (QED) is 0.286. The van der Waals surface area contributed by atoms with Crippen molar-refractivity contribution in [3.8, 4) is 22.3 Å². The maximum absolute atomic E-state index is 2.45. The fourth-order valence-electron chi connectivity index (χ4n) is 5.60. The third-order valence-electron chi connectivity index (χ3n) is 6.78. The standard InChI is InChI=1S/C28H24/c1-16(2)28-17(3)8-9-24-26-14-19-11-21-10-18-6-4-5-7-23(18)25(21)13-20(19)12-22(26)15-27(24)28/h4-9,11-14,16H,10,15H2,1-3H3. The highest BCUT2D eigenvalue weighted by Crippen LogP contribution is 2.45. The van der Waals surface area contributed by atoms with Crippen molar-refractivity contribution in [2.24, 2.45) is 0 Å². The van der Waals surface area contributed by atoms with Crippen molar-refractivity contribution in [2.75, 3.05) is 0 Å². The Morgan fingerprint density at radius 2 is 1.32 bits per heavy atom. The molecule has 0 radical (unpaired) electrons. The van der Waals surface area contributed by atoms with Crippen LogP contribution in [0.4, 0.5) is 0 Å². The summed E-state index contributed by atoms with van der Waals surface area (Å²) in [5.74, 6) is 0.569. The molecule has 0 heterocycles. The maximum Gasteiger partial charge on any atom is -0.00103 e. The van der Waals surface area contributed by atoms with Crippen LogP contribution in [-0.4, -0.2) is 0 Å². The normalized spacial score (nSPS) is 13.6. The summed E-state index contributed by atoms with van der Waals surface area (Å²) in [5, 5.41) is 2.76. The second-order valence-corrected chi connectivity index (χ2v) is 8.85. The van der Waals surface area contributed by atoms with Gasteiger partial charge in [0.15, 0.2) is 0 Å². The van der Waals surface area contributed by atoms with Crippen LogP contribution < -0.4 is 0 Å². The Morgan fingerprint density at radius 1 is 0.643 bits per heavy atom. The Hall–Kier alpha value is -2.86. The average molecular weight is 361 g/mol. The van der Waals surface area contributed by atoms with Crippen molar-refractivity contribution in [1.29, 1.82) is 0 Å². The summed E-state index contributed by atoms with van der Waals surface area (Å²) >= 11 is 0. The van der Waals surface area contributed by atoms with Gasteiger partial charge in [0.05, 0.1) is 0 Å². The van der Waals surface area contributed by atoms with Gasteiger partial charge in [0.25, 0.3) is 0 Å². The van der Waals surface area contributed by atoms with Gasteiger partial charge in [-0.2, -0.15) is 0 Å². The maximum atomic E-state index is 2.45. The molecular weight excluding hydrogens is 336 g/mol. The van der Waals surface area contributed by atoms with E-state index in [0.29, 0.717) is 5.92 Å². The van der Waals surface area contributed by atoms with Crippen molar-refractivity contribution in [2.45, 2.75) is 39.5 Å². The minimum atomic E-state index is 0.569. The molecule has 0 saturated carbocycles. The Kier molecular flexibility index (Phi) is 3.21. The molecule has 136 valence electrons. The van der Waals surface area contributed by atoms with Gasteiger partial charge in [-0.05, 0) is 104 Å². The first kappa shape index (κ1) is 16.1. The van der Waals surface area contributed by atoms with Gasteiger partial charge in [0, 0.05) is 0 Å². The van der Waals surface area contributed by atoms with Crippen molar-refractivity contribution in [3.63, 3.8) is 0 Å². The van der Waals surface area contributed by atoms with Crippen molar-refractivity contribution in [3.05, 3.63) is 94.0 Å². The number of benzene rings is 4. The molecule has 0 atom stereocenters. The largest absolute Gasteiger partial charge is 0.0619 e. The van der Waals surface area contributed by atoms with E-state index in [1.165, 1.54) is 55.3 Å². The molecule has 0 N–H and O–H groups in total. The highest BCUT2D eigenvalue weighted by atomic mass is 14.3. The van der Waals surface area contributed by atoms with Crippen LogP contribution in [0.15, 0.2) is 60.7 Å². The van der Waals surface area contributed by atoms with E-state index in [2.05, 4.69) is 81.4 Å². The van der Waals surface area contributed by atoms with Crippen molar-refractivity contribution in [1.82, 2.24) is 0 Å². The first-order valence-corrected chi connectivity index (χ1v) is 10.4. The number of fused-ring (bicyclic) bond motifs is 7. The van der Waals surface area contributed by atoms with Gasteiger partial charge < -0.3 is 0 Å². The van der Waals surface area contributed by atoms with Crippen LogP contribution in [0.1, 0.15) is 53.1 Å². The van der Waals surface area contributed by atoms with Crippen LogP contribution in [0, 0.1) is 6.92 Å². The lowest BCUT2D eigenvalue weighted by molar-refractivity contribution is 0.842. The van der Waals surface area contributed by atoms with E-state index in [0.717, 1.165) is 12.8 Å². The predicted molar refractivity (Wildman–Crippen MR) is 119 cm³/mol. The molecule has 0 heteroatoms. The van der Waals surface area contributed by atoms with Gasteiger partial charge in [0.2, 0.25) is 0 Å².